The lowest BCUT2D eigenvalue weighted by Crippen LogP contribution is -2.28. The standard InChI is InChI=1S/C14H22ClNO/c1-11(12-7-5-6-8-13(12)15)16-9-10-17-14(2,3)4/h5-8,11,16H,9-10H2,1-4H3/t11-/m0/s1. The molecule has 0 saturated heterocycles. The molecule has 0 radical (unpaired) electrons. The summed E-state index contributed by atoms with van der Waals surface area (Å²) in [5.74, 6) is 0. The molecule has 0 aromatic heterocycles. The van der Waals surface area contributed by atoms with Gasteiger partial charge in [0.15, 0.2) is 0 Å². The molecule has 0 aliphatic heterocycles. The van der Waals surface area contributed by atoms with Gasteiger partial charge in [-0.1, -0.05) is 29.8 Å². The Hall–Kier alpha value is -0.570. The molecule has 0 aliphatic rings. The third-order valence-electron chi connectivity index (χ3n) is 2.46. The maximum Gasteiger partial charge on any atom is 0.0599 e. The van der Waals surface area contributed by atoms with E-state index < -0.39 is 0 Å². The average molecular weight is 256 g/mol. The molecule has 1 rings (SSSR count). The zero-order valence-electron chi connectivity index (χ0n) is 11.1. The molecule has 1 N–H and O–H groups in total. The van der Waals surface area contributed by atoms with Gasteiger partial charge in [0.05, 0.1) is 12.2 Å². The molecule has 1 aromatic carbocycles. The molecule has 0 bridgehead atoms. The second-order valence-electron chi connectivity index (χ2n) is 5.16. The number of hydrogen-bond acceptors (Lipinski definition) is 2. The van der Waals surface area contributed by atoms with Gasteiger partial charge in [-0.05, 0) is 39.3 Å². The van der Waals surface area contributed by atoms with Crippen molar-refractivity contribution < 1.29 is 4.74 Å². The Kier molecular flexibility index (Phi) is 5.44. The topological polar surface area (TPSA) is 21.3 Å². The van der Waals surface area contributed by atoms with E-state index in [0.29, 0.717) is 6.61 Å². The summed E-state index contributed by atoms with van der Waals surface area (Å²) in [4.78, 5) is 0. The van der Waals surface area contributed by atoms with E-state index >= 15 is 0 Å². The first-order valence-corrected chi connectivity index (χ1v) is 6.40. The zero-order chi connectivity index (χ0) is 12.9. The normalized spacial score (nSPS) is 13.7. The van der Waals surface area contributed by atoms with Gasteiger partial charge in [0, 0.05) is 17.6 Å². The average Bonchev–Trinajstić information content (AvgIpc) is 2.23. The molecule has 0 spiro atoms. The minimum atomic E-state index is -0.0741. The molecule has 0 fully saturated rings. The van der Waals surface area contributed by atoms with Crippen molar-refractivity contribution in [2.24, 2.45) is 0 Å². The van der Waals surface area contributed by atoms with E-state index in [1.165, 1.54) is 0 Å². The molecule has 2 nitrogen and oxygen atoms in total. The molecule has 1 atom stereocenters. The summed E-state index contributed by atoms with van der Waals surface area (Å²) < 4.78 is 5.65. The van der Waals surface area contributed by atoms with E-state index in [4.69, 9.17) is 16.3 Å². The Bertz CT molecular complexity index is 346. The molecular weight excluding hydrogens is 234 g/mol. The van der Waals surface area contributed by atoms with E-state index in [1.807, 2.05) is 24.3 Å². The van der Waals surface area contributed by atoms with Crippen LogP contribution in [0.1, 0.15) is 39.3 Å². The van der Waals surface area contributed by atoms with Gasteiger partial charge in [0.1, 0.15) is 0 Å². The number of ether oxygens (including phenoxy) is 1. The van der Waals surface area contributed by atoms with Crippen LogP contribution < -0.4 is 5.32 Å². The van der Waals surface area contributed by atoms with Crippen LogP contribution in [0.2, 0.25) is 5.02 Å². The molecule has 0 saturated carbocycles. The lowest BCUT2D eigenvalue weighted by Gasteiger charge is -2.21. The van der Waals surface area contributed by atoms with Crippen LogP contribution in [0.15, 0.2) is 24.3 Å². The van der Waals surface area contributed by atoms with Crippen LogP contribution in [-0.4, -0.2) is 18.8 Å². The Morgan fingerprint density at radius 1 is 1.29 bits per heavy atom. The highest BCUT2D eigenvalue weighted by atomic mass is 35.5. The fourth-order valence-corrected chi connectivity index (χ4v) is 1.87. The SMILES string of the molecule is C[C@H](NCCOC(C)(C)C)c1ccccc1Cl. The quantitative estimate of drug-likeness (QED) is 0.808. The number of rotatable bonds is 5. The van der Waals surface area contributed by atoms with Gasteiger partial charge < -0.3 is 10.1 Å². The molecule has 0 aliphatic carbocycles. The van der Waals surface area contributed by atoms with Crippen LogP contribution >= 0.6 is 11.6 Å². The maximum atomic E-state index is 6.13. The van der Waals surface area contributed by atoms with Crippen LogP contribution in [0.5, 0.6) is 0 Å². The number of halogens is 1. The second-order valence-corrected chi connectivity index (χ2v) is 5.57. The zero-order valence-corrected chi connectivity index (χ0v) is 11.8. The first-order valence-electron chi connectivity index (χ1n) is 6.02. The summed E-state index contributed by atoms with van der Waals surface area (Å²) in [5, 5.41) is 4.21. The third-order valence-corrected chi connectivity index (χ3v) is 2.80. The number of hydrogen-bond donors (Lipinski definition) is 1. The Morgan fingerprint density at radius 3 is 2.53 bits per heavy atom. The first-order chi connectivity index (χ1) is 7.90. The summed E-state index contributed by atoms with van der Waals surface area (Å²) in [6, 6.07) is 8.16. The van der Waals surface area contributed by atoms with Crippen LogP contribution in [0.3, 0.4) is 0 Å². The molecular formula is C14H22ClNO. The highest BCUT2D eigenvalue weighted by Gasteiger charge is 2.11. The smallest absolute Gasteiger partial charge is 0.0599 e. The second kappa shape index (κ2) is 6.39. The van der Waals surface area contributed by atoms with Crippen LogP contribution in [0.25, 0.3) is 0 Å². The Labute approximate surface area is 109 Å². The predicted molar refractivity (Wildman–Crippen MR) is 73.6 cm³/mol. The lowest BCUT2D eigenvalue weighted by molar-refractivity contribution is -0.00149. The van der Waals surface area contributed by atoms with Gasteiger partial charge in [-0.3, -0.25) is 0 Å². The first kappa shape index (κ1) is 14.5. The van der Waals surface area contributed by atoms with Crippen molar-refractivity contribution in [3.8, 4) is 0 Å². The molecule has 1 aromatic rings. The van der Waals surface area contributed by atoms with E-state index in [0.717, 1.165) is 17.1 Å². The van der Waals surface area contributed by atoms with Gasteiger partial charge in [0.25, 0.3) is 0 Å². The fourth-order valence-electron chi connectivity index (χ4n) is 1.57. The van der Waals surface area contributed by atoms with Crippen LogP contribution in [0.4, 0.5) is 0 Å². The molecule has 0 amide bonds. The van der Waals surface area contributed by atoms with Crippen molar-refractivity contribution in [3.63, 3.8) is 0 Å². The highest BCUT2D eigenvalue weighted by molar-refractivity contribution is 6.31. The van der Waals surface area contributed by atoms with Crippen molar-refractivity contribution in [3.05, 3.63) is 34.9 Å². The van der Waals surface area contributed by atoms with Crippen molar-refractivity contribution in [2.45, 2.75) is 39.3 Å². The van der Waals surface area contributed by atoms with Crippen LogP contribution in [0, 0.1) is 0 Å². The van der Waals surface area contributed by atoms with E-state index in [2.05, 4.69) is 33.0 Å². The predicted octanol–water partition coefficient (Wildman–Crippen LogP) is 3.81. The monoisotopic (exact) mass is 255 g/mol. The van der Waals surface area contributed by atoms with Crippen molar-refractivity contribution in [1.29, 1.82) is 0 Å². The largest absolute Gasteiger partial charge is 0.375 e. The minimum absolute atomic E-state index is 0.0741. The van der Waals surface area contributed by atoms with E-state index in [-0.39, 0.29) is 11.6 Å². The summed E-state index contributed by atoms with van der Waals surface area (Å²) >= 11 is 6.13. The van der Waals surface area contributed by atoms with Gasteiger partial charge in [-0.25, -0.2) is 0 Å². The van der Waals surface area contributed by atoms with E-state index in [9.17, 15) is 0 Å². The lowest BCUT2D eigenvalue weighted by atomic mass is 10.1. The molecule has 3 heteroatoms. The third kappa shape index (κ3) is 5.53. The molecule has 96 valence electrons. The molecule has 17 heavy (non-hydrogen) atoms. The maximum absolute atomic E-state index is 6.13. The van der Waals surface area contributed by atoms with Gasteiger partial charge in [0.2, 0.25) is 0 Å². The summed E-state index contributed by atoms with van der Waals surface area (Å²) in [7, 11) is 0. The summed E-state index contributed by atoms with van der Waals surface area (Å²) in [5.41, 5.74) is 1.06. The van der Waals surface area contributed by atoms with E-state index in [1.54, 1.807) is 0 Å². The van der Waals surface area contributed by atoms with Gasteiger partial charge in [-0.15, -0.1) is 0 Å². The van der Waals surface area contributed by atoms with Gasteiger partial charge >= 0.3 is 0 Å². The Morgan fingerprint density at radius 2 is 1.94 bits per heavy atom. The minimum Gasteiger partial charge on any atom is -0.375 e. The molecule has 0 unspecified atom stereocenters. The summed E-state index contributed by atoms with van der Waals surface area (Å²) in [6.07, 6.45) is 0. The Balaban J connectivity index is 2.36. The van der Waals surface area contributed by atoms with Gasteiger partial charge in [-0.2, -0.15) is 0 Å². The van der Waals surface area contributed by atoms with Crippen LogP contribution in [-0.2, 0) is 4.74 Å². The van der Waals surface area contributed by atoms with Crippen molar-refractivity contribution >= 4 is 11.6 Å². The number of benzene rings is 1. The summed E-state index contributed by atoms with van der Waals surface area (Å²) in [6.45, 7) is 9.82. The molecule has 0 heterocycles. The van der Waals surface area contributed by atoms with Crippen molar-refractivity contribution in [1.82, 2.24) is 5.32 Å². The fraction of sp³-hybridized carbons (Fsp3) is 0.571. The number of nitrogens with one attached hydrogen (secondary N) is 1. The van der Waals surface area contributed by atoms with Crippen molar-refractivity contribution in [2.75, 3.05) is 13.2 Å². The highest BCUT2D eigenvalue weighted by Crippen LogP contribution is 2.21.